The van der Waals surface area contributed by atoms with Gasteiger partial charge in [-0.05, 0) is 17.7 Å². The second-order valence-electron chi connectivity index (χ2n) is 3.97. The summed E-state index contributed by atoms with van der Waals surface area (Å²) < 4.78 is 0. The van der Waals surface area contributed by atoms with E-state index in [4.69, 9.17) is 5.11 Å². The number of nitrogens with zero attached hydrogens (tertiary/aromatic N) is 1. The van der Waals surface area contributed by atoms with Gasteiger partial charge in [-0.15, -0.1) is 0 Å². The Morgan fingerprint density at radius 1 is 1.29 bits per heavy atom. The first-order valence-electron chi connectivity index (χ1n) is 5.67. The van der Waals surface area contributed by atoms with Crippen molar-refractivity contribution >= 4 is 12.2 Å². The summed E-state index contributed by atoms with van der Waals surface area (Å²) in [7, 11) is 0. The van der Waals surface area contributed by atoms with Crippen LogP contribution in [0.1, 0.15) is 22.1 Å². The van der Waals surface area contributed by atoms with Crippen molar-refractivity contribution in [2.24, 2.45) is 0 Å². The molecule has 4 N–H and O–H groups in total. The van der Waals surface area contributed by atoms with E-state index < -0.39 is 28.9 Å². The number of carbonyl (C=O) groups is 1. The standard InChI is InChI=1S/C12H9N4O5/c17-5-8(6-1-3-7(18)4-2-6)13-10(19)9-11(20)14-12(21)16-15-9/h1-4,8,18H,(H,13,19)(H2,14,16,20,21). The van der Waals surface area contributed by atoms with Gasteiger partial charge in [0.05, 0.1) is 0 Å². The number of nitrogens with one attached hydrogen (secondary N) is 3. The number of H-pyrrole nitrogens is 2. The summed E-state index contributed by atoms with van der Waals surface area (Å²) in [6, 6.07) is 4.34. The summed E-state index contributed by atoms with van der Waals surface area (Å²) in [5.41, 5.74) is -2.06. The van der Waals surface area contributed by atoms with Crippen LogP contribution in [0, 0.1) is 0 Å². The number of carbonyl (C=O) groups excluding carboxylic acids is 2. The van der Waals surface area contributed by atoms with Gasteiger partial charge in [-0.3, -0.25) is 19.4 Å². The molecule has 1 radical (unpaired) electrons. The van der Waals surface area contributed by atoms with Crippen LogP contribution in [-0.2, 0) is 4.79 Å². The van der Waals surface area contributed by atoms with Crippen LogP contribution < -0.4 is 16.6 Å². The summed E-state index contributed by atoms with van der Waals surface area (Å²) in [5.74, 6) is -0.956. The first-order valence-corrected chi connectivity index (χ1v) is 5.67. The van der Waals surface area contributed by atoms with Gasteiger partial charge < -0.3 is 10.4 Å². The maximum absolute atomic E-state index is 11.8. The molecule has 107 valence electrons. The van der Waals surface area contributed by atoms with E-state index >= 15 is 0 Å². The molecule has 9 nitrogen and oxygen atoms in total. The molecular weight excluding hydrogens is 280 g/mol. The number of phenolic OH excluding ortho intramolecular Hbond substituents is 1. The normalized spacial score (nSPS) is 11.6. The molecule has 0 aliphatic rings. The fourth-order valence-electron chi connectivity index (χ4n) is 1.55. The van der Waals surface area contributed by atoms with E-state index in [2.05, 4.69) is 10.4 Å². The molecule has 1 unspecified atom stereocenters. The van der Waals surface area contributed by atoms with Crippen molar-refractivity contribution in [2.75, 3.05) is 0 Å². The summed E-state index contributed by atoms with van der Waals surface area (Å²) in [6.45, 7) is 0. The number of aromatic hydroxyl groups is 1. The van der Waals surface area contributed by atoms with E-state index in [0.29, 0.717) is 5.56 Å². The lowest BCUT2D eigenvalue weighted by Gasteiger charge is -2.11. The van der Waals surface area contributed by atoms with Crippen LogP contribution in [0.15, 0.2) is 33.9 Å². The molecular formula is C12H9N4O5. The van der Waals surface area contributed by atoms with E-state index in [-0.39, 0.29) is 5.75 Å². The van der Waals surface area contributed by atoms with E-state index in [0.717, 1.165) is 0 Å². The quantitative estimate of drug-likeness (QED) is 0.553. The van der Waals surface area contributed by atoms with Crippen LogP contribution in [0.4, 0.5) is 0 Å². The highest BCUT2D eigenvalue weighted by Gasteiger charge is 2.19. The molecule has 1 amide bonds. The number of amides is 1. The average Bonchev–Trinajstić information content (AvgIpc) is 2.45. The zero-order chi connectivity index (χ0) is 15.4. The number of rotatable bonds is 4. The minimum absolute atomic E-state index is 0.00605. The van der Waals surface area contributed by atoms with Gasteiger partial charge in [0, 0.05) is 0 Å². The van der Waals surface area contributed by atoms with Crippen molar-refractivity contribution < 1.29 is 14.7 Å². The molecule has 0 saturated heterocycles. The Kier molecular flexibility index (Phi) is 3.93. The maximum atomic E-state index is 11.8. The Hall–Kier alpha value is -3.23. The van der Waals surface area contributed by atoms with E-state index in [1.54, 1.807) is 6.29 Å². The smallest absolute Gasteiger partial charge is 0.342 e. The summed E-state index contributed by atoms with van der Waals surface area (Å²) in [4.78, 5) is 46.8. The first-order chi connectivity index (χ1) is 10.0. The summed E-state index contributed by atoms with van der Waals surface area (Å²) >= 11 is 0. The third-order valence-corrected chi connectivity index (χ3v) is 2.55. The number of hydrogen-bond donors (Lipinski definition) is 4. The molecule has 2 rings (SSSR count). The topological polar surface area (TPSA) is 145 Å². The van der Waals surface area contributed by atoms with Crippen LogP contribution >= 0.6 is 0 Å². The lowest BCUT2D eigenvalue weighted by Crippen LogP contribution is -2.37. The molecule has 2 aromatic rings. The van der Waals surface area contributed by atoms with E-state index in [1.165, 1.54) is 24.3 Å². The van der Waals surface area contributed by atoms with Crippen LogP contribution in [0.2, 0.25) is 0 Å². The molecule has 1 atom stereocenters. The number of phenols is 1. The van der Waals surface area contributed by atoms with Crippen molar-refractivity contribution in [3.05, 3.63) is 56.4 Å². The molecule has 0 bridgehead atoms. The van der Waals surface area contributed by atoms with Gasteiger partial charge in [0.25, 0.3) is 11.5 Å². The Labute approximate surface area is 116 Å². The number of hydrogen-bond acceptors (Lipinski definition) is 6. The second-order valence-corrected chi connectivity index (χ2v) is 3.97. The fourth-order valence-corrected chi connectivity index (χ4v) is 1.55. The van der Waals surface area contributed by atoms with Crippen molar-refractivity contribution in [1.29, 1.82) is 0 Å². The van der Waals surface area contributed by atoms with Gasteiger partial charge in [-0.1, -0.05) is 12.1 Å². The van der Waals surface area contributed by atoms with Gasteiger partial charge in [-0.25, -0.2) is 9.89 Å². The molecule has 0 aliphatic carbocycles. The van der Waals surface area contributed by atoms with Crippen molar-refractivity contribution in [2.45, 2.75) is 6.04 Å². The minimum Gasteiger partial charge on any atom is -0.508 e. The molecule has 0 aliphatic heterocycles. The lowest BCUT2D eigenvalue weighted by atomic mass is 10.1. The molecule has 1 aromatic carbocycles. The van der Waals surface area contributed by atoms with Crippen LogP contribution in [0.25, 0.3) is 0 Å². The second kappa shape index (κ2) is 5.82. The van der Waals surface area contributed by atoms with Crippen LogP contribution in [0.3, 0.4) is 0 Å². The van der Waals surface area contributed by atoms with Crippen LogP contribution in [-0.4, -0.2) is 32.5 Å². The number of aromatic amines is 2. The predicted molar refractivity (Wildman–Crippen MR) is 69.5 cm³/mol. The third kappa shape index (κ3) is 3.21. The zero-order valence-electron chi connectivity index (χ0n) is 10.4. The zero-order valence-corrected chi connectivity index (χ0v) is 10.4. The van der Waals surface area contributed by atoms with E-state index in [1.807, 2.05) is 10.1 Å². The molecule has 0 saturated carbocycles. The molecule has 0 spiro atoms. The average molecular weight is 289 g/mol. The molecule has 1 heterocycles. The molecule has 9 heteroatoms. The first kappa shape index (κ1) is 14.2. The number of aromatic nitrogens is 3. The third-order valence-electron chi connectivity index (χ3n) is 2.55. The highest BCUT2D eigenvalue weighted by molar-refractivity contribution is 5.93. The Balaban J connectivity index is 2.24. The lowest BCUT2D eigenvalue weighted by molar-refractivity contribution is 0.0938. The summed E-state index contributed by atoms with van der Waals surface area (Å²) in [5, 5.41) is 16.6. The van der Waals surface area contributed by atoms with Gasteiger partial charge in [0.2, 0.25) is 12.0 Å². The highest BCUT2D eigenvalue weighted by atomic mass is 16.3. The van der Waals surface area contributed by atoms with Crippen molar-refractivity contribution in [1.82, 2.24) is 20.5 Å². The predicted octanol–water partition coefficient (Wildman–Crippen LogP) is -1.26. The Bertz CT molecular complexity index is 777. The molecule has 0 fully saturated rings. The summed E-state index contributed by atoms with van der Waals surface area (Å²) in [6.07, 6.45) is 1.59. The largest absolute Gasteiger partial charge is 0.508 e. The molecule has 21 heavy (non-hydrogen) atoms. The van der Waals surface area contributed by atoms with Gasteiger partial charge in [0.15, 0.2) is 0 Å². The Morgan fingerprint density at radius 2 is 1.95 bits per heavy atom. The molecule has 1 aromatic heterocycles. The minimum atomic E-state index is -1.15. The Morgan fingerprint density at radius 3 is 2.52 bits per heavy atom. The van der Waals surface area contributed by atoms with E-state index in [9.17, 15) is 19.2 Å². The van der Waals surface area contributed by atoms with Crippen molar-refractivity contribution in [3.63, 3.8) is 0 Å². The fraction of sp³-hybridized carbons (Fsp3) is 0.0833. The van der Waals surface area contributed by atoms with Crippen molar-refractivity contribution in [3.8, 4) is 5.75 Å². The highest BCUT2D eigenvalue weighted by Crippen LogP contribution is 2.15. The maximum Gasteiger partial charge on any atom is 0.342 e. The van der Waals surface area contributed by atoms with Crippen LogP contribution in [0.5, 0.6) is 5.75 Å². The van der Waals surface area contributed by atoms with Gasteiger partial charge in [0.1, 0.15) is 11.8 Å². The SMILES string of the molecule is O=[C]C(NC(=O)c1n[nH]c(=O)[nH]c1=O)c1ccc(O)cc1. The van der Waals surface area contributed by atoms with Gasteiger partial charge in [-0.2, -0.15) is 5.10 Å². The van der Waals surface area contributed by atoms with Gasteiger partial charge >= 0.3 is 5.69 Å². The monoisotopic (exact) mass is 289 g/mol. The number of benzene rings is 1.